The lowest BCUT2D eigenvalue weighted by Crippen LogP contribution is -2.33. The van der Waals surface area contributed by atoms with E-state index < -0.39 is 0 Å². The maximum absolute atomic E-state index is 3.79. The Hall–Kier alpha value is -1.46. The van der Waals surface area contributed by atoms with Crippen LogP contribution in [0.1, 0.15) is 19.8 Å². The maximum Gasteiger partial charge on any atom is 0.0561 e. The van der Waals surface area contributed by atoms with E-state index in [1.165, 1.54) is 12.1 Å². The molecular weight excluding hydrogens is 194 g/mol. The van der Waals surface area contributed by atoms with Crippen LogP contribution in [0.5, 0.6) is 0 Å². The minimum absolute atomic E-state index is 0.483. The smallest absolute Gasteiger partial charge is 0.0561 e. The summed E-state index contributed by atoms with van der Waals surface area (Å²) in [4.78, 5) is 2.44. The Kier molecular flexibility index (Phi) is 3.48. The predicted octanol–water partition coefficient (Wildman–Crippen LogP) is 3.44. The molecular formula is C15H19N. The SMILES string of the molecule is C=C=C1CCCN1[C@@H](C)C1C=CC=CC=C1. The fourth-order valence-corrected chi connectivity index (χ4v) is 2.44. The molecule has 0 aromatic rings. The fraction of sp³-hybridized carbons (Fsp3) is 0.400. The van der Waals surface area contributed by atoms with Crippen molar-refractivity contribution in [3.05, 3.63) is 54.5 Å². The van der Waals surface area contributed by atoms with Crippen LogP contribution < -0.4 is 0 Å². The molecule has 1 heteroatoms. The summed E-state index contributed by atoms with van der Waals surface area (Å²) in [6.07, 6.45) is 15.3. The molecule has 1 aliphatic heterocycles. The van der Waals surface area contributed by atoms with Gasteiger partial charge in [0.2, 0.25) is 0 Å². The number of likely N-dealkylation sites (tertiary alicyclic amines) is 1. The van der Waals surface area contributed by atoms with Gasteiger partial charge < -0.3 is 4.90 Å². The summed E-state index contributed by atoms with van der Waals surface area (Å²) in [6, 6.07) is 0.499. The number of hydrogen-bond acceptors (Lipinski definition) is 1. The zero-order valence-corrected chi connectivity index (χ0v) is 9.89. The quantitative estimate of drug-likeness (QED) is 0.635. The number of nitrogens with zero attached hydrogens (tertiary/aromatic N) is 1. The number of rotatable bonds is 2. The lowest BCUT2D eigenvalue weighted by Gasteiger charge is -2.30. The Morgan fingerprint density at radius 3 is 2.62 bits per heavy atom. The fourth-order valence-electron chi connectivity index (χ4n) is 2.44. The van der Waals surface area contributed by atoms with Gasteiger partial charge in [0, 0.05) is 18.5 Å². The number of hydrogen-bond donors (Lipinski definition) is 0. The minimum Gasteiger partial charge on any atom is -0.365 e. The van der Waals surface area contributed by atoms with Crippen LogP contribution in [-0.2, 0) is 0 Å². The van der Waals surface area contributed by atoms with Crippen molar-refractivity contribution in [2.75, 3.05) is 6.54 Å². The topological polar surface area (TPSA) is 3.24 Å². The molecule has 1 saturated heterocycles. The highest BCUT2D eigenvalue weighted by atomic mass is 15.2. The van der Waals surface area contributed by atoms with Crippen molar-refractivity contribution < 1.29 is 0 Å². The van der Waals surface area contributed by atoms with E-state index in [2.05, 4.69) is 60.6 Å². The average molecular weight is 213 g/mol. The summed E-state index contributed by atoms with van der Waals surface area (Å²) in [5.41, 5.74) is 4.36. The van der Waals surface area contributed by atoms with Crippen LogP contribution in [0.15, 0.2) is 54.5 Å². The molecule has 0 spiro atoms. The lowest BCUT2D eigenvalue weighted by molar-refractivity contribution is 0.273. The maximum atomic E-state index is 3.79. The van der Waals surface area contributed by atoms with Crippen molar-refractivity contribution in [3.63, 3.8) is 0 Å². The second kappa shape index (κ2) is 5.05. The van der Waals surface area contributed by atoms with Crippen molar-refractivity contribution in [3.8, 4) is 0 Å². The Balaban J connectivity index is 2.12. The van der Waals surface area contributed by atoms with E-state index in [0.717, 1.165) is 13.0 Å². The summed E-state index contributed by atoms with van der Waals surface area (Å²) in [5, 5.41) is 0. The molecule has 0 bridgehead atoms. The van der Waals surface area contributed by atoms with Gasteiger partial charge in [0.25, 0.3) is 0 Å². The zero-order chi connectivity index (χ0) is 11.4. The molecule has 1 aliphatic carbocycles. The molecule has 1 nitrogen and oxygen atoms in total. The number of allylic oxidation sites excluding steroid dienone is 5. The molecule has 1 fully saturated rings. The van der Waals surface area contributed by atoms with Crippen molar-refractivity contribution in [2.24, 2.45) is 5.92 Å². The third kappa shape index (κ3) is 2.20. The summed E-state index contributed by atoms with van der Waals surface area (Å²) < 4.78 is 0. The highest BCUT2D eigenvalue weighted by molar-refractivity contribution is 5.21. The van der Waals surface area contributed by atoms with E-state index in [-0.39, 0.29) is 0 Å². The van der Waals surface area contributed by atoms with E-state index in [4.69, 9.17) is 0 Å². The Morgan fingerprint density at radius 1 is 1.31 bits per heavy atom. The van der Waals surface area contributed by atoms with Crippen LogP contribution in [0.25, 0.3) is 0 Å². The van der Waals surface area contributed by atoms with Gasteiger partial charge in [0.05, 0.1) is 5.70 Å². The molecule has 0 aromatic carbocycles. The highest BCUT2D eigenvalue weighted by Crippen LogP contribution is 2.27. The third-order valence-electron chi connectivity index (χ3n) is 3.41. The van der Waals surface area contributed by atoms with Crippen LogP contribution >= 0.6 is 0 Å². The molecule has 2 rings (SSSR count). The molecule has 84 valence electrons. The van der Waals surface area contributed by atoms with Gasteiger partial charge in [-0.05, 0) is 19.8 Å². The van der Waals surface area contributed by atoms with E-state index in [1.54, 1.807) is 0 Å². The molecule has 2 aliphatic rings. The molecule has 0 amide bonds. The molecule has 0 saturated carbocycles. The van der Waals surface area contributed by atoms with Gasteiger partial charge in [-0.1, -0.05) is 43.0 Å². The van der Waals surface area contributed by atoms with Crippen LogP contribution in [0, 0.1) is 5.92 Å². The molecule has 0 unspecified atom stereocenters. The predicted molar refractivity (Wildman–Crippen MR) is 69.0 cm³/mol. The van der Waals surface area contributed by atoms with Crippen molar-refractivity contribution in [1.82, 2.24) is 4.90 Å². The van der Waals surface area contributed by atoms with Crippen molar-refractivity contribution in [1.29, 1.82) is 0 Å². The average Bonchev–Trinajstić information content (AvgIpc) is 2.61. The van der Waals surface area contributed by atoms with Gasteiger partial charge in [-0.3, -0.25) is 0 Å². The van der Waals surface area contributed by atoms with Crippen molar-refractivity contribution >= 4 is 0 Å². The standard InChI is InChI=1S/C15H19N/c1-3-15-11-8-12-16(15)13(2)14-9-6-4-5-7-10-14/h4-7,9-10,13-14H,1,8,11-12H2,2H3/t13-/m0/s1. The van der Waals surface area contributed by atoms with Crippen LogP contribution in [0.2, 0.25) is 0 Å². The van der Waals surface area contributed by atoms with E-state index in [9.17, 15) is 0 Å². The van der Waals surface area contributed by atoms with E-state index in [0.29, 0.717) is 12.0 Å². The molecule has 0 aromatic heterocycles. The van der Waals surface area contributed by atoms with Gasteiger partial charge >= 0.3 is 0 Å². The van der Waals surface area contributed by atoms with Gasteiger partial charge in [0.1, 0.15) is 0 Å². The minimum atomic E-state index is 0.483. The Morgan fingerprint density at radius 2 is 2.00 bits per heavy atom. The highest BCUT2D eigenvalue weighted by Gasteiger charge is 2.25. The second-order valence-electron chi connectivity index (χ2n) is 4.39. The second-order valence-corrected chi connectivity index (χ2v) is 4.39. The molecule has 16 heavy (non-hydrogen) atoms. The van der Waals surface area contributed by atoms with Gasteiger partial charge in [-0.25, -0.2) is 0 Å². The van der Waals surface area contributed by atoms with Crippen LogP contribution in [0.4, 0.5) is 0 Å². The summed E-state index contributed by atoms with van der Waals surface area (Å²) >= 11 is 0. The van der Waals surface area contributed by atoms with E-state index in [1.807, 2.05) is 0 Å². The summed E-state index contributed by atoms with van der Waals surface area (Å²) in [7, 11) is 0. The van der Waals surface area contributed by atoms with E-state index >= 15 is 0 Å². The zero-order valence-electron chi connectivity index (χ0n) is 9.89. The Bertz CT molecular complexity index is 364. The van der Waals surface area contributed by atoms with Gasteiger partial charge in [-0.15, -0.1) is 5.73 Å². The largest absolute Gasteiger partial charge is 0.365 e. The summed E-state index contributed by atoms with van der Waals surface area (Å²) in [6.45, 7) is 7.22. The molecule has 0 radical (unpaired) electrons. The van der Waals surface area contributed by atoms with Gasteiger partial charge in [-0.2, -0.15) is 0 Å². The first-order chi connectivity index (χ1) is 7.83. The first kappa shape index (κ1) is 11.0. The monoisotopic (exact) mass is 213 g/mol. The van der Waals surface area contributed by atoms with Crippen LogP contribution in [0.3, 0.4) is 0 Å². The first-order valence-electron chi connectivity index (χ1n) is 6.00. The normalized spacial score (nSPS) is 22.3. The summed E-state index contributed by atoms with van der Waals surface area (Å²) in [5.74, 6) is 0.483. The van der Waals surface area contributed by atoms with Crippen LogP contribution in [-0.4, -0.2) is 17.5 Å². The molecule has 0 N–H and O–H groups in total. The van der Waals surface area contributed by atoms with Gasteiger partial charge in [0.15, 0.2) is 0 Å². The first-order valence-corrected chi connectivity index (χ1v) is 6.00. The lowest BCUT2D eigenvalue weighted by atomic mass is 9.99. The Labute approximate surface area is 98.1 Å². The van der Waals surface area contributed by atoms with Crippen molar-refractivity contribution in [2.45, 2.75) is 25.8 Å². The third-order valence-corrected chi connectivity index (χ3v) is 3.41. The molecule has 1 atom stereocenters. The molecule has 1 heterocycles.